The van der Waals surface area contributed by atoms with Crippen LogP contribution in [0.5, 0.6) is 0 Å². The lowest BCUT2D eigenvalue weighted by Crippen LogP contribution is -2.52. The zero-order valence-corrected chi connectivity index (χ0v) is 12.4. The van der Waals surface area contributed by atoms with Gasteiger partial charge in [-0.3, -0.25) is 0 Å². The van der Waals surface area contributed by atoms with E-state index >= 15 is 0 Å². The van der Waals surface area contributed by atoms with E-state index in [0.717, 1.165) is 5.92 Å². The lowest BCUT2D eigenvalue weighted by atomic mass is 9.81. The van der Waals surface area contributed by atoms with Crippen molar-refractivity contribution in [2.75, 3.05) is 0 Å². The second-order valence-corrected chi connectivity index (χ2v) is 5.95. The molecule has 1 aliphatic carbocycles. The average Bonchev–Trinajstić information content (AvgIpc) is 2.33. The summed E-state index contributed by atoms with van der Waals surface area (Å²) in [5.74, 6) is 0.756. The monoisotopic (exact) mass is 240 g/mol. The molecule has 0 amide bonds. The van der Waals surface area contributed by atoms with Crippen LogP contribution in [0, 0.1) is 5.92 Å². The Kier molecular flexibility index (Phi) is 6.50. The highest BCUT2D eigenvalue weighted by Gasteiger charge is 2.30. The second-order valence-electron chi connectivity index (χ2n) is 5.95. The van der Waals surface area contributed by atoms with Crippen LogP contribution >= 0.6 is 0 Å². The molecular weight excluding hydrogens is 208 g/mol. The third-order valence-corrected chi connectivity index (χ3v) is 4.52. The molecule has 2 nitrogen and oxygen atoms in total. The van der Waals surface area contributed by atoms with E-state index in [-0.39, 0.29) is 0 Å². The molecule has 0 bridgehead atoms. The summed E-state index contributed by atoms with van der Waals surface area (Å²) in [4.78, 5) is 0. The maximum atomic E-state index is 3.80. The standard InChI is InChI=1S/C15H32N2/c1-6-11(3)16-14-9-8-10-15(13(14)5)17-12(4)7-2/h11-17H,6-10H2,1-5H3. The SMILES string of the molecule is CCC(C)NC1CCCC(NC(C)CC)C1C. The van der Waals surface area contributed by atoms with Crippen molar-refractivity contribution in [1.82, 2.24) is 10.6 Å². The summed E-state index contributed by atoms with van der Waals surface area (Å²) in [6.45, 7) is 11.6. The van der Waals surface area contributed by atoms with Gasteiger partial charge in [-0.2, -0.15) is 0 Å². The topological polar surface area (TPSA) is 24.1 Å². The summed E-state index contributed by atoms with van der Waals surface area (Å²) >= 11 is 0. The van der Waals surface area contributed by atoms with E-state index in [9.17, 15) is 0 Å². The van der Waals surface area contributed by atoms with E-state index in [1.54, 1.807) is 0 Å². The van der Waals surface area contributed by atoms with Gasteiger partial charge < -0.3 is 10.6 Å². The van der Waals surface area contributed by atoms with Crippen LogP contribution in [0.2, 0.25) is 0 Å². The largest absolute Gasteiger partial charge is 0.311 e. The highest BCUT2D eigenvalue weighted by molar-refractivity contribution is 4.90. The number of rotatable bonds is 6. The third kappa shape index (κ3) is 4.59. The van der Waals surface area contributed by atoms with E-state index < -0.39 is 0 Å². The van der Waals surface area contributed by atoms with E-state index in [1.807, 2.05) is 0 Å². The Morgan fingerprint density at radius 1 is 0.941 bits per heavy atom. The normalized spacial score (nSPS) is 33.4. The molecule has 0 aliphatic heterocycles. The quantitative estimate of drug-likeness (QED) is 0.744. The van der Waals surface area contributed by atoms with Crippen LogP contribution in [-0.2, 0) is 0 Å². The predicted molar refractivity (Wildman–Crippen MR) is 76.4 cm³/mol. The van der Waals surface area contributed by atoms with Crippen LogP contribution in [0.25, 0.3) is 0 Å². The minimum atomic E-state index is 0.657. The van der Waals surface area contributed by atoms with Crippen LogP contribution in [0.15, 0.2) is 0 Å². The van der Waals surface area contributed by atoms with Crippen molar-refractivity contribution >= 4 is 0 Å². The first-order chi connectivity index (χ1) is 8.08. The van der Waals surface area contributed by atoms with E-state index in [0.29, 0.717) is 24.2 Å². The van der Waals surface area contributed by atoms with Gasteiger partial charge in [0.1, 0.15) is 0 Å². The van der Waals surface area contributed by atoms with Gasteiger partial charge in [0.15, 0.2) is 0 Å². The Morgan fingerprint density at radius 3 is 1.71 bits per heavy atom. The van der Waals surface area contributed by atoms with Crippen molar-refractivity contribution in [3.63, 3.8) is 0 Å². The molecule has 1 aliphatic rings. The van der Waals surface area contributed by atoms with Gasteiger partial charge >= 0.3 is 0 Å². The molecule has 0 aromatic carbocycles. The Balaban J connectivity index is 2.46. The van der Waals surface area contributed by atoms with Crippen molar-refractivity contribution in [1.29, 1.82) is 0 Å². The van der Waals surface area contributed by atoms with Crippen LogP contribution < -0.4 is 10.6 Å². The van der Waals surface area contributed by atoms with Crippen LogP contribution in [-0.4, -0.2) is 24.2 Å². The van der Waals surface area contributed by atoms with Crippen LogP contribution in [0.4, 0.5) is 0 Å². The second kappa shape index (κ2) is 7.38. The Hall–Kier alpha value is -0.0800. The van der Waals surface area contributed by atoms with E-state index in [1.165, 1.54) is 32.1 Å². The van der Waals surface area contributed by atoms with Crippen molar-refractivity contribution < 1.29 is 0 Å². The summed E-state index contributed by atoms with van der Waals surface area (Å²) in [5.41, 5.74) is 0. The Morgan fingerprint density at radius 2 is 1.35 bits per heavy atom. The molecule has 0 heterocycles. The Bertz CT molecular complexity index is 185. The maximum Gasteiger partial charge on any atom is 0.0110 e. The van der Waals surface area contributed by atoms with Crippen molar-refractivity contribution in [2.24, 2.45) is 5.92 Å². The van der Waals surface area contributed by atoms with Gasteiger partial charge in [-0.25, -0.2) is 0 Å². The maximum absolute atomic E-state index is 3.80. The minimum Gasteiger partial charge on any atom is -0.311 e. The summed E-state index contributed by atoms with van der Waals surface area (Å²) in [5, 5.41) is 7.60. The molecule has 102 valence electrons. The fraction of sp³-hybridized carbons (Fsp3) is 1.00. The summed E-state index contributed by atoms with van der Waals surface area (Å²) in [6.07, 6.45) is 6.53. The molecular formula is C15H32N2. The molecule has 4 unspecified atom stereocenters. The smallest absolute Gasteiger partial charge is 0.0110 e. The van der Waals surface area contributed by atoms with E-state index in [4.69, 9.17) is 0 Å². The molecule has 1 rings (SSSR count). The molecule has 2 N–H and O–H groups in total. The average molecular weight is 240 g/mol. The first-order valence-corrected chi connectivity index (χ1v) is 7.60. The van der Waals surface area contributed by atoms with Gasteiger partial charge in [0.25, 0.3) is 0 Å². The molecule has 0 aromatic heterocycles. The lowest BCUT2D eigenvalue weighted by Gasteiger charge is -2.39. The summed E-state index contributed by atoms with van der Waals surface area (Å²) < 4.78 is 0. The Labute approximate surface area is 108 Å². The first-order valence-electron chi connectivity index (χ1n) is 7.60. The van der Waals surface area contributed by atoms with Gasteiger partial charge in [-0.15, -0.1) is 0 Å². The third-order valence-electron chi connectivity index (χ3n) is 4.52. The van der Waals surface area contributed by atoms with Crippen LogP contribution in [0.1, 0.15) is 66.7 Å². The molecule has 0 spiro atoms. The molecule has 0 aromatic rings. The number of hydrogen-bond donors (Lipinski definition) is 2. The van der Waals surface area contributed by atoms with Crippen LogP contribution in [0.3, 0.4) is 0 Å². The fourth-order valence-corrected chi connectivity index (χ4v) is 2.80. The van der Waals surface area contributed by atoms with E-state index in [2.05, 4.69) is 45.3 Å². The minimum absolute atomic E-state index is 0.657. The molecule has 0 saturated heterocycles. The highest BCUT2D eigenvalue weighted by Crippen LogP contribution is 2.25. The first kappa shape index (κ1) is 15.0. The molecule has 4 atom stereocenters. The zero-order valence-electron chi connectivity index (χ0n) is 12.4. The van der Waals surface area contributed by atoms with Crippen molar-refractivity contribution in [3.8, 4) is 0 Å². The zero-order chi connectivity index (χ0) is 12.8. The molecule has 17 heavy (non-hydrogen) atoms. The predicted octanol–water partition coefficient (Wildman–Crippen LogP) is 3.32. The summed E-state index contributed by atoms with van der Waals surface area (Å²) in [7, 11) is 0. The van der Waals surface area contributed by atoms with Gasteiger partial charge in [-0.1, -0.05) is 27.2 Å². The molecule has 0 radical (unpaired) electrons. The van der Waals surface area contributed by atoms with Gasteiger partial charge in [0.2, 0.25) is 0 Å². The number of hydrogen-bond acceptors (Lipinski definition) is 2. The highest BCUT2D eigenvalue weighted by atomic mass is 15.0. The summed E-state index contributed by atoms with van der Waals surface area (Å²) in [6, 6.07) is 2.73. The fourth-order valence-electron chi connectivity index (χ4n) is 2.80. The van der Waals surface area contributed by atoms with Gasteiger partial charge in [0.05, 0.1) is 0 Å². The molecule has 1 saturated carbocycles. The number of nitrogens with one attached hydrogen (secondary N) is 2. The van der Waals surface area contributed by atoms with Crippen molar-refractivity contribution in [2.45, 2.75) is 90.9 Å². The van der Waals surface area contributed by atoms with Gasteiger partial charge in [-0.05, 0) is 45.4 Å². The molecule has 2 heteroatoms. The molecule has 1 fully saturated rings. The lowest BCUT2D eigenvalue weighted by molar-refractivity contribution is 0.193. The van der Waals surface area contributed by atoms with Crippen molar-refractivity contribution in [3.05, 3.63) is 0 Å². The van der Waals surface area contributed by atoms with Gasteiger partial charge in [0, 0.05) is 24.2 Å².